The maximum absolute atomic E-state index is 11.0. The lowest BCUT2D eigenvalue weighted by Crippen LogP contribution is -2.36. The molecule has 88 valence electrons. The molecule has 0 spiro atoms. The molecule has 2 heterocycles. The van der Waals surface area contributed by atoms with Crippen molar-refractivity contribution in [3.8, 4) is 0 Å². The van der Waals surface area contributed by atoms with Gasteiger partial charge < -0.3 is 10.6 Å². The molecule has 1 fully saturated rings. The van der Waals surface area contributed by atoms with Crippen LogP contribution in [-0.4, -0.2) is 18.5 Å². The third-order valence-corrected chi connectivity index (χ3v) is 4.13. The molecule has 0 radical (unpaired) electrons. The van der Waals surface area contributed by atoms with E-state index in [1.165, 1.54) is 9.75 Å². The Bertz CT molecular complexity index is 375. The number of rotatable bonds is 4. The molecule has 2 unspecified atom stereocenters. The van der Waals surface area contributed by atoms with Gasteiger partial charge in [-0.05, 0) is 32.4 Å². The summed E-state index contributed by atoms with van der Waals surface area (Å²) in [6, 6.07) is 5.01. The van der Waals surface area contributed by atoms with Crippen molar-refractivity contribution in [2.45, 2.75) is 38.8 Å². The third-order valence-electron chi connectivity index (χ3n) is 2.94. The Morgan fingerprint density at radius 3 is 3.00 bits per heavy atom. The molecule has 3 nitrogen and oxygen atoms in total. The highest BCUT2D eigenvalue weighted by Crippen LogP contribution is 2.22. The van der Waals surface area contributed by atoms with Crippen LogP contribution >= 0.6 is 11.3 Å². The fourth-order valence-electron chi connectivity index (χ4n) is 1.94. The lowest BCUT2D eigenvalue weighted by molar-refractivity contribution is -0.119. The van der Waals surface area contributed by atoms with Crippen LogP contribution in [0, 0.1) is 6.92 Å². The first-order chi connectivity index (χ1) is 7.65. The highest BCUT2D eigenvalue weighted by atomic mass is 32.1. The number of amides is 1. The summed E-state index contributed by atoms with van der Waals surface area (Å²) in [5, 5.41) is 6.44. The standard InChI is InChI=1S/C12H18N2OS/c1-8-3-5-11(16-8)9(2)13-7-10-4-6-12(15)14-10/h3,5,9-10,13H,4,6-7H2,1-2H3,(H,14,15). The normalized spacial score (nSPS) is 22.1. The molecular weight excluding hydrogens is 220 g/mol. The molecule has 0 bridgehead atoms. The Morgan fingerprint density at radius 2 is 2.44 bits per heavy atom. The molecule has 0 aromatic carbocycles. The molecule has 4 heteroatoms. The van der Waals surface area contributed by atoms with Gasteiger partial charge in [-0.15, -0.1) is 11.3 Å². The summed E-state index contributed by atoms with van der Waals surface area (Å²) in [6.45, 7) is 5.16. The minimum Gasteiger partial charge on any atom is -0.352 e. The second-order valence-corrected chi connectivity index (χ2v) is 5.70. The van der Waals surface area contributed by atoms with Gasteiger partial charge in [-0.1, -0.05) is 0 Å². The zero-order valence-corrected chi connectivity index (χ0v) is 10.6. The van der Waals surface area contributed by atoms with Crippen LogP contribution in [0.25, 0.3) is 0 Å². The van der Waals surface area contributed by atoms with Crippen molar-refractivity contribution in [1.82, 2.24) is 10.6 Å². The molecule has 2 N–H and O–H groups in total. The van der Waals surface area contributed by atoms with Gasteiger partial charge in [-0.2, -0.15) is 0 Å². The Labute approximate surface area is 100 Å². The molecule has 2 rings (SSSR count). The number of thiophene rings is 1. The maximum atomic E-state index is 11.0. The van der Waals surface area contributed by atoms with Crippen molar-refractivity contribution in [2.75, 3.05) is 6.54 Å². The van der Waals surface area contributed by atoms with Crippen LogP contribution in [0.1, 0.15) is 35.6 Å². The lowest BCUT2D eigenvalue weighted by atomic mass is 10.2. The second-order valence-electron chi connectivity index (χ2n) is 4.38. The molecule has 0 saturated carbocycles. The summed E-state index contributed by atoms with van der Waals surface area (Å²) in [5.41, 5.74) is 0. The van der Waals surface area contributed by atoms with E-state index in [0.717, 1.165) is 13.0 Å². The van der Waals surface area contributed by atoms with Crippen molar-refractivity contribution in [2.24, 2.45) is 0 Å². The summed E-state index contributed by atoms with van der Waals surface area (Å²) in [6.07, 6.45) is 1.64. The molecule has 1 aromatic heterocycles. The molecule has 1 aromatic rings. The van der Waals surface area contributed by atoms with Gasteiger partial charge in [-0.3, -0.25) is 4.79 Å². The summed E-state index contributed by atoms with van der Waals surface area (Å²) < 4.78 is 0. The van der Waals surface area contributed by atoms with Gasteiger partial charge in [0.05, 0.1) is 0 Å². The average Bonchev–Trinajstić information content (AvgIpc) is 2.84. The highest BCUT2D eigenvalue weighted by molar-refractivity contribution is 7.12. The van der Waals surface area contributed by atoms with Gasteiger partial charge in [0.15, 0.2) is 0 Å². The van der Waals surface area contributed by atoms with E-state index in [2.05, 4.69) is 36.6 Å². The number of carbonyl (C=O) groups is 1. The van der Waals surface area contributed by atoms with E-state index in [9.17, 15) is 4.79 Å². The zero-order valence-electron chi connectivity index (χ0n) is 9.75. The van der Waals surface area contributed by atoms with Gasteiger partial charge in [0.2, 0.25) is 5.91 Å². The van der Waals surface area contributed by atoms with Crippen molar-refractivity contribution >= 4 is 17.2 Å². The third kappa shape index (κ3) is 2.83. The van der Waals surface area contributed by atoms with Gasteiger partial charge in [0.1, 0.15) is 0 Å². The van der Waals surface area contributed by atoms with Crippen LogP contribution in [0.4, 0.5) is 0 Å². The largest absolute Gasteiger partial charge is 0.352 e. The Hall–Kier alpha value is -0.870. The van der Waals surface area contributed by atoms with Gasteiger partial charge in [0.25, 0.3) is 0 Å². The van der Waals surface area contributed by atoms with Crippen LogP contribution in [-0.2, 0) is 4.79 Å². The number of aryl methyl sites for hydroxylation is 1. The number of carbonyl (C=O) groups excluding carboxylic acids is 1. The van der Waals surface area contributed by atoms with E-state index in [0.29, 0.717) is 18.5 Å². The van der Waals surface area contributed by atoms with E-state index in [1.54, 1.807) is 0 Å². The van der Waals surface area contributed by atoms with Crippen LogP contribution in [0.15, 0.2) is 12.1 Å². The molecule has 1 aliphatic rings. The first-order valence-electron chi connectivity index (χ1n) is 5.74. The topological polar surface area (TPSA) is 41.1 Å². The maximum Gasteiger partial charge on any atom is 0.220 e. The van der Waals surface area contributed by atoms with E-state index in [1.807, 2.05) is 11.3 Å². The summed E-state index contributed by atoms with van der Waals surface area (Å²) in [4.78, 5) is 13.7. The number of hydrogen-bond donors (Lipinski definition) is 2. The number of hydrogen-bond acceptors (Lipinski definition) is 3. The molecule has 1 amide bonds. The van der Waals surface area contributed by atoms with Crippen LogP contribution < -0.4 is 10.6 Å². The Morgan fingerprint density at radius 1 is 1.62 bits per heavy atom. The van der Waals surface area contributed by atoms with Crippen molar-refractivity contribution in [3.63, 3.8) is 0 Å². The number of nitrogens with one attached hydrogen (secondary N) is 2. The fourth-order valence-corrected chi connectivity index (χ4v) is 2.84. The molecule has 2 atom stereocenters. The van der Waals surface area contributed by atoms with Crippen molar-refractivity contribution < 1.29 is 4.79 Å². The fraction of sp³-hybridized carbons (Fsp3) is 0.583. The molecule has 1 saturated heterocycles. The first-order valence-corrected chi connectivity index (χ1v) is 6.56. The van der Waals surface area contributed by atoms with Gasteiger partial charge >= 0.3 is 0 Å². The predicted octanol–water partition coefficient (Wildman–Crippen LogP) is 1.99. The average molecular weight is 238 g/mol. The molecule has 16 heavy (non-hydrogen) atoms. The molecular formula is C12H18N2OS. The first kappa shape index (κ1) is 11.6. The van der Waals surface area contributed by atoms with E-state index < -0.39 is 0 Å². The highest BCUT2D eigenvalue weighted by Gasteiger charge is 2.20. The van der Waals surface area contributed by atoms with Gasteiger partial charge in [0, 0.05) is 34.8 Å². The van der Waals surface area contributed by atoms with Crippen molar-refractivity contribution in [3.05, 3.63) is 21.9 Å². The Balaban J connectivity index is 1.79. The smallest absolute Gasteiger partial charge is 0.220 e. The van der Waals surface area contributed by atoms with Crippen LogP contribution in [0.5, 0.6) is 0 Å². The van der Waals surface area contributed by atoms with Crippen molar-refractivity contribution in [1.29, 1.82) is 0 Å². The minimum absolute atomic E-state index is 0.187. The van der Waals surface area contributed by atoms with E-state index in [-0.39, 0.29) is 5.91 Å². The predicted molar refractivity (Wildman–Crippen MR) is 66.6 cm³/mol. The van der Waals surface area contributed by atoms with Gasteiger partial charge in [-0.25, -0.2) is 0 Å². The summed E-state index contributed by atoms with van der Waals surface area (Å²) in [7, 11) is 0. The SMILES string of the molecule is Cc1ccc(C(C)NCC2CCC(=O)N2)s1. The minimum atomic E-state index is 0.187. The quantitative estimate of drug-likeness (QED) is 0.842. The van der Waals surface area contributed by atoms with Crippen LogP contribution in [0.2, 0.25) is 0 Å². The van der Waals surface area contributed by atoms with Crippen LogP contribution in [0.3, 0.4) is 0 Å². The zero-order chi connectivity index (χ0) is 11.5. The molecule has 0 aliphatic carbocycles. The van der Waals surface area contributed by atoms with E-state index in [4.69, 9.17) is 0 Å². The van der Waals surface area contributed by atoms with E-state index >= 15 is 0 Å². The second kappa shape index (κ2) is 4.97. The monoisotopic (exact) mass is 238 g/mol. The summed E-state index contributed by atoms with van der Waals surface area (Å²) >= 11 is 1.83. The summed E-state index contributed by atoms with van der Waals surface area (Å²) in [5.74, 6) is 0.187. The molecule has 1 aliphatic heterocycles. The Kier molecular flexibility index (Phi) is 3.61. The lowest BCUT2D eigenvalue weighted by Gasteiger charge is -2.16.